The number of aromatic nitrogens is 4. The van der Waals surface area contributed by atoms with E-state index in [9.17, 15) is 8.78 Å². The molecule has 2 rings (SSSR count). The summed E-state index contributed by atoms with van der Waals surface area (Å²) in [7, 11) is 0. The molecule has 2 aromatic rings. The van der Waals surface area contributed by atoms with Crippen LogP contribution >= 0.6 is 0 Å². The summed E-state index contributed by atoms with van der Waals surface area (Å²) < 4.78 is 26.8. The largest absolute Gasteiger partial charge is 0.346 e. The molecular weight excluding hydrogens is 242 g/mol. The molecule has 0 fully saturated rings. The molecule has 8 heteroatoms. The third-order valence-electron chi connectivity index (χ3n) is 2.54. The lowest BCUT2D eigenvalue weighted by Crippen LogP contribution is -2.34. The van der Waals surface area contributed by atoms with Gasteiger partial charge in [-0.25, -0.2) is 13.8 Å². The maximum atomic E-state index is 12.5. The second kappa shape index (κ2) is 5.21. The molecule has 6 nitrogen and oxygen atoms in total. The lowest BCUT2D eigenvalue weighted by atomic mass is 10.4. The summed E-state index contributed by atoms with van der Waals surface area (Å²) >= 11 is 0. The van der Waals surface area contributed by atoms with E-state index in [2.05, 4.69) is 15.2 Å². The van der Waals surface area contributed by atoms with Crippen molar-refractivity contribution in [3.8, 4) is 0 Å². The van der Waals surface area contributed by atoms with E-state index in [-0.39, 0.29) is 6.54 Å². The molecule has 2 N–H and O–H groups in total. The van der Waals surface area contributed by atoms with Gasteiger partial charge in [-0.05, 0) is 6.92 Å². The molecular formula is C10H14F2N6. The number of nitrogens with two attached hydrogens (primary N) is 1. The highest BCUT2D eigenvalue weighted by Gasteiger charge is 2.18. The quantitative estimate of drug-likeness (QED) is 0.841. The second-order valence-electron chi connectivity index (χ2n) is 3.82. The fraction of sp³-hybridized carbons (Fsp3) is 0.500. The predicted molar refractivity (Wildman–Crippen MR) is 62.8 cm³/mol. The fourth-order valence-corrected chi connectivity index (χ4v) is 1.76. The molecule has 0 aliphatic rings. The zero-order valence-corrected chi connectivity index (χ0v) is 9.92. The minimum absolute atomic E-state index is 0.266. The summed E-state index contributed by atoms with van der Waals surface area (Å²) in [5, 5.41) is 7.86. The first-order valence-electron chi connectivity index (χ1n) is 5.53. The minimum Gasteiger partial charge on any atom is -0.346 e. The van der Waals surface area contributed by atoms with Gasteiger partial charge < -0.3 is 10.6 Å². The lowest BCUT2D eigenvalue weighted by Gasteiger charge is -2.22. The van der Waals surface area contributed by atoms with Crippen LogP contribution in [-0.2, 0) is 0 Å². The van der Waals surface area contributed by atoms with Crippen molar-refractivity contribution in [3.05, 3.63) is 18.2 Å². The van der Waals surface area contributed by atoms with Crippen LogP contribution in [0.25, 0.3) is 5.65 Å². The third kappa shape index (κ3) is 2.37. The van der Waals surface area contributed by atoms with Gasteiger partial charge in [-0.3, -0.25) is 4.40 Å². The minimum atomic E-state index is -2.46. The molecule has 0 radical (unpaired) electrons. The Morgan fingerprint density at radius 3 is 2.89 bits per heavy atom. The highest BCUT2D eigenvalue weighted by atomic mass is 19.3. The predicted octanol–water partition coefficient (Wildman–Crippen LogP) is 0.463. The highest BCUT2D eigenvalue weighted by molar-refractivity contribution is 5.63. The van der Waals surface area contributed by atoms with Crippen LogP contribution in [-0.4, -0.2) is 45.6 Å². The lowest BCUT2D eigenvalue weighted by molar-refractivity contribution is 0.155. The smallest absolute Gasteiger partial charge is 0.255 e. The molecule has 0 spiro atoms. The van der Waals surface area contributed by atoms with E-state index in [1.54, 1.807) is 17.5 Å². The normalized spacial score (nSPS) is 11.4. The summed E-state index contributed by atoms with van der Waals surface area (Å²) in [5.74, 6) is 1.06. The molecule has 0 saturated carbocycles. The Morgan fingerprint density at radius 1 is 1.44 bits per heavy atom. The summed E-state index contributed by atoms with van der Waals surface area (Å²) in [5.41, 5.74) is 5.90. The average molecular weight is 256 g/mol. The van der Waals surface area contributed by atoms with Gasteiger partial charge in [0.25, 0.3) is 6.43 Å². The molecule has 98 valence electrons. The average Bonchev–Trinajstić information content (AvgIpc) is 2.70. The maximum absolute atomic E-state index is 12.5. The molecule has 2 aromatic heterocycles. The molecule has 0 unspecified atom stereocenters. The molecule has 0 aliphatic carbocycles. The zero-order chi connectivity index (χ0) is 13.1. The Bertz CT molecular complexity index is 526. The van der Waals surface area contributed by atoms with Crippen LogP contribution in [0.1, 0.15) is 5.82 Å². The first-order valence-corrected chi connectivity index (χ1v) is 5.53. The number of aryl methyl sites for hydroxylation is 1. The van der Waals surface area contributed by atoms with E-state index < -0.39 is 13.0 Å². The molecule has 0 amide bonds. The van der Waals surface area contributed by atoms with Gasteiger partial charge in [-0.15, -0.1) is 10.2 Å². The van der Waals surface area contributed by atoms with Crippen molar-refractivity contribution in [2.24, 2.45) is 5.73 Å². The van der Waals surface area contributed by atoms with Gasteiger partial charge >= 0.3 is 0 Å². The maximum Gasteiger partial charge on any atom is 0.255 e. The van der Waals surface area contributed by atoms with Crippen molar-refractivity contribution in [1.82, 2.24) is 19.6 Å². The van der Waals surface area contributed by atoms with Gasteiger partial charge in [0.05, 0.1) is 6.54 Å². The Morgan fingerprint density at radius 2 is 2.22 bits per heavy atom. The van der Waals surface area contributed by atoms with E-state index in [4.69, 9.17) is 5.73 Å². The summed E-state index contributed by atoms with van der Waals surface area (Å²) in [6.07, 6.45) is 0.771. The number of rotatable bonds is 5. The van der Waals surface area contributed by atoms with Crippen molar-refractivity contribution in [3.63, 3.8) is 0 Å². The van der Waals surface area contributed by atoms with E-state index in [1.807, 2.05) is 0 Å². The zero-order valence-electron chi connectivity index (χ0n) is 9.92. The number of hydrogen-bond donors (Lipinski definition) is 1. The van der Waals surface area contributed by atoms with E-state index in [0.717, 1.165) is 0 Å². The molecule has 0 aromatic carbocycles. The number of hydrogen-bond acceptors (Lipinski definition) is 5. The Balaban J connectivity index is 2.43. The fourth-order valence-electron chi connectivity index (χ4n) is 1.76. The molecule has 0 atom stereocenters. The molecule has 18 heavy (non-hydrogen) atoms. The topological polar surface area (TPSA) is 72.3 Å². The van der Waals surface area contributed by atoms with Gasteiger partial charge in [-0.1, -0.05) is 0 Å². The number of nitrogens with zero attached hydrogens (tertiary/aromatic N) is 5. The van der Waals surface area contributed by atoms with Crippen LogP contribution in [0.2, 0.25) is 0 Å². The van der Waals surface area contributed by atoms with E-state index >= 15 is 0 Å². The summed E-state index contributed by atoms with van der Waals surface area (Å²) in [6.45, 7) is 1.92. The SMILES string of the molecule is Cc1nnc2c(N(CCN)CC(F)F)nccn12. The first kappa shape index (κ1) is 12.6. The van der Waals surface area contributed by atoms with Crippen molar-refractivity contribution in [1.29, 1.82) is 0 Å². The molecule has 2 heterocycles. The van der Waals surface area contributed by atoms with Gasteiger partial charge in [-0.2, -0.15) is 0 Å². The summed E-state index contributed by atoms with van der Waals surface area (Å²) in [6, 6.07) is 0. The number of alkyl halides is 2. The van der Waals surface area contributed by atoms with Crippen molar-refractivity contribution >= 4 is 11.5 Å². The summed E-state index contributed by atoms with van der Waals surface area (Å²) in [4.78, 5) is 5.53. The van der Waals surface area contributed by atoms with Crippen molar-refractivity contribution < 1.29 is 8.78 Å². The molecule has 0 saturated heterocycles. The molecule has 0 bridgehead atoms. The Labute approximate surface area is 102 Å². The highest BCUT2D eigenvalue weighted by Crippen LogP contribution is 2.18. The number of halogens is 2. The number of anilines is 1. The van der Waals surface area contributed by atoms with Gasteiger partial charge in [0.2, 0.25) is 5.65 Å². The van der Waals surface area contributed by atoms with Crippen LogP contribution < -0.4 is 10.6 Å². The number of fused-ring (bicyclic) bond motifs is 1. The van der Waals surface area contributed by atoms with Crippen molar-refractivity contribution in [2.45, 2.75) is 13.3 Å². The monoisotopic (exact) mass is 256 g/mol. The van der Waals surface area contributed by atoms with Crippen molar-refractivity contribution in [2.75, 3.05) is 24.5 Å². The Kier molecular flexibility index (Phi) is 3.66. The van der Waals surface area contributed by atoms with Crippen LogP contribution in [0, 0.1) is 6.92 Å². The van der Waals surface area contributed by atoms with E-state index in [1.165, 1.54) is 11.1 Å². The van der Waals surface area contributed by atoms with Crippen LogP contribution in [0.3, 0.4) is 0 Å². The Hall–Kier alpha value is -1.83. The third-order valence-corrected chi connectivity index (χ3v) is 2.54. The van der Waals surface area contributed by atoms with E-state index in [0.29, 0.717) is 23.8 Å². The van der Waals surface area contributed by atoms with Crippen LogP contribution in [0.5, 0.6) is 0 Å². The first-order chi connectivity index (χ1) is 8.63. The second-order valence-corrected chi connectivity index (χ2v) is 3.82. The van der Waals surface area contributed by atoms with Crippen LogP contribution in [0.4, 0.5) is 14.6 Å². The van der Waals surface area contributed by atoms with Gasteiger partial charge in [0.1, 0.15) is 5.82 Å². The molecule has 0 aliphatic heterocycles. The van der Waals surface area contributed by atoms with Gasteiger partial charge in [0, 0.05) is 25.5 Å². The van der Waals surface area contributed by atoms with Gasteiger partial charge in [0.15, 0.2) is 5.82 Å². The standard InChI is InChI=1S/C10H14F2N6/c1-7-15-16-10-9(14-3-5-18(7)10)17(4-2-13)6-8(11)12/h3,5,8H,2,4,6,13H2,1H3. The van der Waals surface area contributed by atoms with Crippen LogP contribution in [0.15, 0.2) is 12.4 Å².